The van der Waals surface area contributed by atoms with Gasteiger partial charge in [0.1, 0.15) is 6.61 Å². The number of anilines is 2. The summed E-state index contributed by atoms with van der Waals surface area (Å²) in [6.45, 7) is 0.363. The number of benzene rings is 2. The molecule has 0 bridgehead atoms. The summed E-state index contributed by atoms with van der Waals surface area (Å²) < 4.78 is 36.3. The molecule has 0 aliphatic carbocycles. The second-order valence-electron chi connectivity index (χ2n) is 5.84. The van der Waals surface area contributed by atoms with E-state index in [4.69, 9.17) is 9.47 Å². The van der Waals surface area contributed by atoms with Gasteiger partial charge in [0.05, 0.1) is 11.5 Å². The maximum atomic E-state index is 12.1. The number of methoxy groups -OCH3 is 1. The Morgan fingerprint density at radius 3 is 2.31 bits per heavy atom. The van der Waals surface area contributed by atoms with Crippen molar-refractivity contribution in [2.24, 2.45) is 0 Å². The molecule has 29 heavy (non-hydrogen) atoms. The van der Waals surface area contributed by atoms with E-state index in [0.29, 0.717) is 11.4 Å². The fraction of sp³-hybridized carbons (Fsp3) is 0.263. The average molecular weight is 421 g/mol. The van der Waals surface area contributed by atoms with Crippen LogP contribution in [-0.4, -0.2) is 47.3 Å². The van der Waals surface area contributed by atoms with Gasteiger partial charge in [0, 0.05) is 31.5 Å². The van der Waals surface area contributed by atoms with Crippen LogP contribution in [0.4, 0.5) is 16.2 Å². The highest BCUT2D eigenvalue weighted by molar-refractivity contribution is 7.89. The molecule has 2 aromatic rings. The van der Waals surface area contributed by atoms with Crippen molar-refractivity contribution >= 4 is 33.4 Å². The zero-order valence-corrected chi connectivity index (χ0v) is 16.7. The fourth-order valence-corrected chi connectivity index (χ4v) is 3.30. The van der Waals surface area contributed by atoms with Crippen molar-refractivity contribution in [2.45, 2.75) is 11.3 Å². The number of hydrogen-bond donors (Lipinski definition) is 3. The van der Waals surface area contributed by atoms with Crippen LogP contribution in [0, 0.1) is 0 Å². The van der Waals surface area contributed by atoms with E-state index in [9.17, 15) is 18.0 Å². The van der Waals surface area contributed by atoms with Crippen molar-refractivity contribution in [1.82, 2.24) is 4.72 Å². The molecule has 3 N–H and O–H groups in total. The molecule has 0 saturated heterocycles. The van der Waals surface area contributed by atoms with E-state index < -0.39 is 16.1 Å². The molecule has 0 spiro atoms. The lowest BCUT2D eigenvalue weighted by Crippen LogP contribution is -2.27. The van der Waals surface area contributed by atoms with Gasteiger partial charge in [0.25, 0.3) is 0 Å². The topological polar surface area (TPSA) is 123 Å². The largest absolute Gasteiger partial charge is 0.447 e. The highest BCUT2D eigenvalue weighted by Gasteiger charge is 2.13. The van der Waals surface area contributed by atoms with Crippen molar-refractivity contribution in [3.05, 3.63) is 54.6 Å². The maximum Gasteiger partial charge on any atom is 0.411 e. The third-order valence-electron chi connectivity index (χ3n) is 3.61. The van der Waals surface area contributed by atoms with Crippen molar-refractivity contribution in [3.63, 3.8) is 0 Å². The molecule has 2 amide bonds. The minimum Gasteiger partial charge on any atom is -0.447 e. The SMILES string of the molecule is COCCOC(=O)Nc1cccc(NC(=O)CCNS(=O)(=O)c2ccccc2)c1. The molecule has 0 aliphatic rings. The zero-order chi connectivity index (χ0) is 21.1. The third-order valence-corrected chi connectivity index (χ3v) is 5.09. The lowest BCUT2D eigenvalue weighted by Gasteiger charge is -2.10. The number of hydrogen-bond acceptors (Lipinski definition) is 6. The Morgan fingerprint density at radius 1 is 0.931 bits per heavy atom. The van der Waals surface area contributed by atoms with Gasteiger partial charge in [0.2, 0.25) is 15.9 Å². The lowest BCUT2D eigenvalue weighted by molar-refractivity contribution is -0.116. The van der Waals surface area contributed by atoms with Gasteiger partial charge in [0.15, 0.2) is 0 Å². The Bertz CT molecular complexity index is 919. The molecular weight excluding hydrogens is 398 g/mol. The molecule has 0 saturated carbocycles. The number of carbonyl (C=O) groups is 2. The molecule has 0 radical (unpaired) electrons. The molecule has 2 rings (SSSR count). The normalized spacial score (nSPS) is 10.9. The summed E-state index contributed by atoms with van der Waals surface area (Å²) in [5, 5.41) is 5.18. The van der Waals surface area contributed by atoms with Crippen LogP contribution in [0.2, 0.25) is 0 Å². The number of ether oxygens (including phenoxy) is 2. The van der Waals surface area contributed by atoms with Crippen LogP contribution >= 0.6 is 0 Å². The van der Waals surface area contributed by atoms with E-state index in [2.05, 4.69) is 15.4 Å². The standard InChI is InChI=1S/C19H23N3O6S/c1-27-12-13-28-19(24)22-16-7-5-6-15(14-16)21-18(23)10-11-20-29(25,26)17-8-3-2-4-9-17/h2-9,14,20H,10-13H2,1H3,(H,21,23)(H,22,24). The summed E-state index contributed by atoms with van der Waals surface area (Å²) in [5.41, 5.74) is 0.894. The van der Waals surface area contributed by atoms with Gasteiger partial charge in [-0.25, -0.2) is 17.9 Å². The number of amides is 2. The minimum atomic E-state index is -3.66. The summed E-state index contributed by atoms with van der Waals surface area (Å²) in [6.07, 6.45) is -0.691. The second kappa shape index (κ2) is 11.1. The Morgan fingerprint density at radius 2 is 1.62 bits per heavy atom. The van der Waals surface area contributed by atoms with Gasteiger partial charge in [-0.15, -0.1) is 0 Å². The summed E-state index contributed by atoms with van der Waals surface area (Å²) >= 11 is 0. The molecule has 0 unspecified atom stereocenters. The van der Waals surface area contributed by atoms with Crippen LogP contribution in [-0.2, 0) is 24.3 Å². The number of rotatable bonds is 10. The summed E-state index contributed by atoms with van der Waals surface area (Å²) in [6, 6.07) is 14.4. The first kappa shape index (κ1) is 22.3. The molecule has 156 valence electrons. The van der Waals surface area contributed by atoms with E-state index >= 15 is 0 Å². The highest BCUT2D eigenvalue weighted by Crippen LogP contribution is 2.15. The van der Waals surface area contributed by atoms with Crippen LogP contribution in [0.3, 0.4) is 0 Å². The van der Waals surface area contributed by atoms with E-state index in [0.717, 1.165) is 0 Å². The van der Waals surface area contributed by atoms with Crippen LogP contribution in [0.5, 0.6) is 0 Å². The van der Waals surface area contributed by atoms with Gasteiger partial charge < -0.3 is 14.8 Å². The predicted molar refractivity (Wildman–Crippen MR) is 108 cm³/mol. The van der Waals surface area contributed by atoms with E-state index in [1.165, 1.54) is 19.2 Å². The van der Waals surface area contributed by atoms with Gasteiger partial charge in [-0.1, -0.05) is 24.3 Å². The Kier molecular flexibility index (Phi) is 8.59. The molecule has 0 fully saturated rings. The third kappa shape index (κ3) is 7.90. The van der Waals surface area contributed by atoms with Gasteiger partial charge in [-0.05, 0) is 30.3 Å². The van der Waals surface area contributed by atoms with Crippen LogP contribution in [0.15, 0.2) is 59.5 Å². The summed E-state index contributed by atoms with van der Waals surface area (Å²) in [7, 11) is -2.16. The van der Waals surface area contributed by atoms with Gasteiger partial charge >= 0.3 is 6.09 Å². The quantitative estimate of drug-likeness (QED) is 0.506. The van der Waals surface area contributed by atoms with E-state index in [1.54, 1.807) is 42.5 Å². The highest BCUT2D eigenvalue weighted by atomic mass is 32.2. The first-order valence-corrected chi connectivity index (χ1v) is 10.3. The van der Waals surface area contributed by atoms with Gasteiger partial charge in [-0.3, -0.25) is 10.1 Å². The molecule has 2 aromatic carbocycles. The number of carbonyl (C=O) groups excluding carboxylic acids is 2. The summed E-state index contributed by atoms with van der Waals surface area (Å²) in [4.78, 5) is 23.8. The molecule has 0 heterocycles. The van der Waals surface area contributed by atoms with E-state index in [1.807, 2.05) is 0 Å². The maximum absolute atomic E-state index is 12.1. The fourth-order valence-electron chi connectivity index (χ4n) is 2.25. The number of sulfonamides is 1. The predicted octanol–water partition coefficient (Wildman–Crippen LogP) is 2.19. The molecule has 10 heteroatoms. The molecular formula is C19H23N3O6S. The van der Waals surface area contributed by atoms with Crippen LogP contribution in [0.1, 0.15) is 6.42 Å². The lowest BCUT2D eigenvalue weighted by atomic mass is 10.2. The van der Waals surface area contributed by atoms with Crippen molar-refractivity contribution in [2.75, 3.05) is 37.5 Å². The monoisotopic (exact) mass is 421 g/mol. The van der Waals surface area contributed by atoms with Crippen LogP contribution < -0.4 is 15.4 Å². The first-order chi connectivity index (χ1) is 13.9. The average Bonchev–Trinajstić information content (AvgIpc) is 2.69. The van der Waals surface area contributed by atoms with Crippen molar-refractivity contribution < 1.29 is 27.5 Å². The molecule has 0 aromatic heterocycles. The van der Waals surface area contributed by atoms with Gasteiger partial charge in [-0.2, -0.15) is 0 Å². The van der Waals surface area contributed by atoms with Crippen molar-refractivity contribution in [1.29, 1.82) is 0 Å². The summed E-state index contributed by atoms with van der Waals surface area (Å²) in [5.74, 6) is -0.374. The Labute approximate surface area is 169 Å². The molecule has 9 nitrogen and oxygen atoms in total. The second-order valence-corrected chi connectivity index (χ2v) is 7.61. The zero-order valence-electron chi connectivity index (χ0n) is 15.9. The molecule has 0 aliphatic heterocycles. The smallest absolute Gasteiger partial charge is 0.411 e. The first-order valence-electron chi connectivity index (χ1n) is 8.78. The molecule has 0 atom stereocenters. The number of nitrogens with one attached hydrogen (secondary N) is 3. The van der Waals surface area contributed by atoms with Crippen LogP contribution in [0.25, 0.3) is 0 Å². The van der Waals surface area contributed by atoms with Crippen molar-refractivity contribution in [3.8, 4) is 0 Å². The Balaban J connectivity index is 1.81. The Hall–Kier alpha value is -2.95. The van der Waals surface area contributed by atoms with E-state index in [-0.39, 0.29) is 37.0 Å². The minimum absolute atomic E-state index is 0.0488.